The van der Waals surface area contributed by atoms with Gasteiger partial charge in [0.1, 0.15) is 5.82 Å². The number of benzene rings is 2. The Labute approximate surface area is 186 Å². The van der Waals surface area contributed by atoms with Crippen molar-refractivity contribution in [2.24, 2.45) is 0 Å². The van der Waals surface area contributed by atoms with Crippen LogP contribution in [0.15, 0.2) is 70.9 Å². The van der Waals surface area contributed by atoms with Gasteiger partial charge in [0.2, 0.25) is 0 Å². The molecule has 0 aliphatic carbocycles. The predicted octanol–water partition coefficient (Wildman–Crippen LogP) is 5.37. The van der Waals surface area contributed by atoms with Gasteiger partial charge in [0.15, 0.2) is 5.13 Å². The van der Waals surface area contributed by atoms with Gasteiger partial charge in [-0.1, -0.05) is 12.1 Å². The van der Waals surface area contributed by atoms with E-state index in [0.29, 0.717) is 5.13 Å². The molecule has 0 aliphatic rings. The zero-order valence-corrected chi connectivity index (χ0v) is 18.6. The number of halogens is 1. The molecule has 0 unspecified atom stereocenters. The molecule has 10 heteroatoms. The Morgan fingerprint density at radius 1 is 1.03 bits per heavy atom. The number of thiophene rings is 1. The topological polar surface area (TPSA) is 88.2 Å². The molecule has 0 atom stereocenters. The molecule has 0 bridgehead atoms. The summed E-state index contributed by atoms with van der Waals surface area (Å²) in [5.74, 6) is -1.09. The van der Waals surface area contributed by atoms with Crippen molar-refractivity contribution < 1.29 is 17.6 Å². The monoisotopic (exact) mass is 473 g/mol. The Morgan fingerprint density at radius 3 is 2.45 bits per heavy atom. The Hall–Kier alpha value is -3.08. The lowest BCUT2D eigenvalue weighted by atomic mass is 10.2. The number of nitrogens with zero attached hydrogens (tertiary/aromatic N) is 1. The molecule has 0 saturated carbocycles. The molecule has 0 radical (unpaired) electrons. The first-order valence-corrected chi connectivity index (χ1v) is 12.2. The fourth-order valence-electron chi connectivity index (χ4n) is 2.72. The van der Waals surface area contributed by atoms with Gasteiger partial charge >= 0.3 is 0 Å². The summed E-state index contributed by atoms with van der Waals surface area (Å²) in [6.45, 7) is 2.01. The number of para-hydroxylation sites is 1. The maximum atomic E-state index is 13.7. The van der Waals surface area contributed by atoms with Crippen LogP contribution in [0.25, 0.3) is 10.6 Å². The second-order valence-corrected chi connectivity index (χ2v) is 10.3. The lowest BCUT2D eigenvalue weighted by Gasteiger charge is -2.09. The summed E-state index contributed by atoms with van der Waals surface area (Å²) in [5.41, 5.74) is 0.914. The summed E-state index contributed by atoms with van der Waals surface area (Å²) in [7, 11) is -3.99. The minimum absolute atomic E-state index is 0.0862. The van der Waals surface area contributed by atoms with Gasteiger partial charge in [-0.3, -0.25) is 14.8 Å². The average Bonchev–Trinajstić information content (AvgIpc) is 3.38. The highest BCUT2D eigenvalue weighted by Gasteiger charge is 2.17. The lowest BCUT2D eigenvalue weighted by molar-refractivity contribution is 0.102. The molecule has 0 fully saturated rings. The van der Waals surface area contributed by atoms with Crippen molar-refractivity contribution in [2.45, 2.75) is 11.8 Å². The van der Waals surface area contributed by atoms with Crippen LogP contribution >= 0.6 is 22.7 Å². The van der Waals surface area contributed by atoms with E-state index in [1.807, 2.05) is 24.4 Å². The van der Waals surface area contributed by atoms with Crippen molar-refractivity contribution in [3.8, 4) is 10.6 Å². The summed E-state index contributed by atoms with van der Waals surface area (Å²) < 4.78 is 40.9. The standard InChI is InChI=1S/C21H16FN3O3S3/c1-13-6-11-19(30-13)18-12-29-21(23-18)24-20(26)14-7-9-15(10-8-14)31(27,28)25-17-5-3-2-4-16(17)22/h2-12,25H,1H3,(H,23,24,26). The van der Waals surface area contributed by atoms with Gasteiger partial charge in [0.05, 0.1) is 21.2 Å². The Kier molecular flexibility index (Phi) is 5.86. The minimum Gasteiger partial charge on any atom is -0.298 e. The van der Waals surface area contributed by atoms with E-state index >= 15 is 0 Å². The fourth-order valence-corrected chi connectivity index (χ4v) is 5.39. The molecule has 4 aromatic rings. The first-order chi connectivity index (χ1) is 14.8. The second kappa shape index (κ2) is 8.58. The van der Waals surface area contributed by atoms with E-state index in [2.05, 4.69) is 15.0 Å². The summed E-state index contributed by atoms with van der Waals surface area (Å²) in [6, 6.07) is 14.8. The molecule has 158 valence electrons. The van der Waals surface area contributed by atoms with Crippen LogP contribution in [0.4, 0.5) is 15.2 Å². The Balaban J connectivity index is 1.46. The van der Waals surface area contributed by atoms with Gasteiger partial charge in [-0.15, -0.1) is 22.7 Å². The van der Waals surface area contributed by atoms with E-state index in [1.165, 1.54) is 58.7 Å². The number of carbonyl (C=O) groups excluding carboxylic acids is 1. The van der Waals surface area contributed by atoms with E-state index < -0.39 is 21.7 Å². The van der Waals surface area contributed by atoms with Gasteiger partial charge < -0.3 is 0 Å². The number of rotatable bonds is 6. The van der Waals surface area contributed by atoms with Crippen molar-refractivity contribution in [2.75, 3.05) is 10.0 Å². The third-order valence-electron chi connectivity index (χ3n) is 4.26. The van der Waals surface area contributed by atoms with E-state index in [1.54, 1.807) is 11.3 Å². The van der Waals surface area contributed by atoms with Crippen LogP contribution < -0.4 is 10.0 Å². The van der Waals surface area contributed by atoms with E-state index in [0.717, 1.165) is 16.6 Å². The average molecular weight is 474 g/mol. The quantitative estimate of drug-likeness (QED) is 0.394. The van der Waals surface area contributed by atoms with Gasteiger partial charge in [-0.25, -0.2) is 17.8 Å². The molecule has 2 aromatic carbocycles. The van der Waals surface area contributed by atoms with Crippen molar-refractivity contribution in [1.82, 2.24) is 4.98 Å². The highest BCUT2D eigenvalue weighted by atomic mass is 32.2. The molecular formula is C21H16FN3O3S3. The molecule has 0 saturated heterocycles. The van der Waals surface area contributed by atoms with E-state index in [-0.39, 0.29) is 16.1 Å². The smallest absolute Gasteiger partial charge is 0.261 e. The first-order valence-electron chi connectivity index (χ1n) is 9.03. The van der Waals surface area contributed by atoms with Crippen LogP contribution in [-0.4, -0.2) is 19.3 Å². The zero-order valence-electron chi connectivity index (χ0n) is 16.1. The molecule has 1 amide bonds. The Morgan fingerprint density at radius 2 is 1.77 bits per heavy atom. The predicted molar refractivity (Wildman–Crippen MR) is 122 cm³/mol. The molecule has 31 heavy (non-hydrogen) atoms. The number of thiazole rings is 1. The van der Waals surface area contributed by atoms with Crippen LogP contribution in [0.3, 0.4) is 0 Å². The number of hydrogen-bond acceptors (Lipinski definition) is 6. The summed E-state index contributed by atoms with van der Waals surface area (Å²) in [6.07, 6.45) is 0. The highest BCUT2D eigenvalue weighted by molar-refractivity contribution is 7.92. The van der Waals surface area contributed by atoms with Crippen molar-refractivity contribution in [1.29, 1.82) is 0 Å². The van der Waals surface area contributed by atoms with Crippen molar-refractivity contribution >= 4 is 49.4 Å². The molecular weight excluding hydrogens is 457 g/mol. The number of carbonyl (C=O) groups is 1. The maximum absolute atomic E-state index is 13.7. The van der Waals surface area contributed by atoms with Crippen LogP contribution in [-0.2, 0) is 10.0 Å². The number of hydrogen-bond donors (Lipinski definition) is 2. The Bertz CT molecular complexity index is 1350. The summed E-state index contributed by atoms with van der Waals surface area (Å²) in [5, 5.41) is 5.03. The normalized spacial score (nSPS) is 11.3. The van der Waals surface area contributed by atoms with Gasteiger partial charge in [0.25, 0.3) is 15.9 Å². The summed E-state index contributed by atoms with van der Waals surface area (Å²) in [4.78, 5) is 19.0. The number of anilines is 2. The van der Waals surface area contributed by atoms with E-state index in [9.17, 15) is 17.6 Å². The molecule has 2 N–H and O–H groups in total. The molecule has 6 nitrogen and oxygen atoms in total. The van der Waals surface area contributed by atoms with Crippen LogP contribution in [0.5, 0.6) is 0 Å². The van der Waals surface area contributed by atoms with Crippen LogP contribution in [0.2, 0.25) is 0 Å². The lowest BCUT2D eigenvalue weighted by Crippen LogP contribution is -2.15. The molecule has 2 aromatic heterocycles. The highest BCUT2D eigenvalue weighted by Crippen LogP contribution is 2.30. The summed E-state index contributed by atoms with van der Waals surface area (Å²) >= 11 is 2.93. The van der Waals surface area contributed by atoms with Crippen molar-refractivity contribution in [3.63, 3.8) is 0 Å². The number of sulfonamides is 1. The molecule has 0 spiro atoms. The zero-order chi connectivity index (χ0) is 22.0. The number of amides is 1. The molecule has 2 heterocycles. The third kappa shape index (κ3) is 4.82. The molecule has 4 rings (SSSR count). The molecule has 0 aliphatic heterocycles. The van der Waals surface area contributed by atoms with Gasteiger partial charge in [0, 0.05) is 15.8 Å². The number of nitrogens with one attached hydrogen (secondary N) is 2. The van der Waals surface area contributed by atoms with E-state index in [4.69, 9.17) is 0 Å². The van der Waals surface area contributed by atoms with Gasteiger partial charge in [-0.2, -0.15) is 0 Å². The van der Waals surface area contributed by atoms with Crippen LogP contribution in [0.1, 0.15) is 15.2 Å². The number of aryl methyl sites for hydroxylation is 1. The van der Waals surface area contributed by atoms with Gasteiger partial charge in [-0.05, 0) is 55.5 Å². The minimum atomic E-state index is -3.99. The third-order valence-corrected chi connectivity index (χ3v) is 7.42. The largest absolute Gasteiger partial charge is 0.298 e. The fraction of sp³-hybridized carbons (Fsp3) is 0.0476. The first kappa shape index (κ1) is 21.2. The second-order valence-electron chi connectivity index (χ2n) is 6.51. The van der Waals surface area contributed by atoms with Crippen LogP contribution in [0, 0.1) is 12.7 Å². The van der Waals surface area contributed by atoms with Crippen molar-refractivity contribution in [3.05, 3.63) is 82.3 Å². The maximum Gasteiger partial charge on any atom is 0.261 e. The number of aromatic nitrogens is 1. The SMILES string of the molecule is Cc1ccc(-c2csc(NC(=O)c3ccc(S(=O)(=O)Nc4ccccc4F)cc3)n2)s1.